The van der Waals surface area contributed by atoms with Crippen LogP contribution in [0.2, 0.25) is 5.02 Å². The lowest BCUT2D eigenvalue weighted by Crippen LogP contribution is -2.36. The van der Waals surface area contributed by atoms with Crippen molar-refractivity contribution in [1.29, 1.82) is 0 Å². The molecule has 0 heterocycles. The Morgan fingerprint density at radius 2 is 2.29 bits per heavy atom. The Morgan fingerprint density at radius 1 is 1.53 bits per heavy atom. The van der Waals surface area contributed by atoms with E-state index in [0.29, 0.717) is 16.7 Å². The number of benzene rings is 1. The fraction of sp³-hybridized carbons (Fsp3) is 0.417. The summed E-state index contributed by atoms with van der Waals surface area (Å²) in [7, 11) is 0. The van der Waals surface area contributed by atoms with Gasteiger partial charge in [-0.2, -0.15) is 0 Å². The molecule has 5 heteroatoms. The lowest BCUT2D eigenvalue weighted by atomic mass is 10.2. The van der Waals surface area contributed by atoms with Crippen molar-refractivity contribution in [2.45, 2.75) is 19.4 Å². The number of carbonyl (C=O) groups excluding carboxylic acids is 1. The summed E-state index contributed by atoms with van der Waals surface area (Å²) in [6, 6.07) is 6.99. The van der Waals surface area contributed by atoms with Gasteiger partial charge in [0, 0.05) is 16.9 Å². The molecule has 0 aliphatic rings. The van der Waals surface area contributed by atoms with Crippen molar-refractivity contribution in [3.05, 3.63) is 29.3 Å². The molecular weight excluding hydrogens is 261 g/mol. The molecule has 1 unspecified atom stereocenters. The number of hydrogen-bond donors (Lipinski definition) is 1. The SMILES string of the molecule is CC(CCCl)NC(=O)COc1cccc(Cl)c1. The predicted molar refractivity (Wildman–Crippen MR) is 69.9 cm³/mol. The molecule has 0 saturated heterocycles. The number of alkyl halides is 1. The highest BCUT2D eigenvalue weighted by Gasteiger charge is 2.07. The van der Waals surface area contributed by atoms with Gasteiger partial charge in [0.05, 0.1) is 0 Å². The predicted octanol–water partition coefficient (Wildman–Crippen LogP) is 2.85. The molecule has 1 rings (SSSR count). The second-order valence-corrected chi connectivity index (χ2v) is 4.51. The molecule has 1 aromatic rings. The standard InChI is InChI=1S/C12H15Cl2NO2/c1-9(5-6-13)15-12(16)8-17-11-4-2-3-10(14)7-11/h2-4,7,9H,5-6,8H2,1H3,(H,15,16). The molecule has 0 saturated carbocycles. The van der Waals surface area contributed by atoms with Crippen LogP contribution < -0.4 is 10.1 Å². The van der Waals surface area contributed by atoms with Crippen LogP contribution in [0, 0.1) is 0 Å². The van der Waals surface area contributed by atoms with Gasteiger partial charge in [0.25, 0.3) is 5.91 Å². The smallest absolute Gasteiger partial charge is 0.258 e. The lowest BCUT2D eigenvalue weighted by molar-refractivity contribution is -0.123. The van der Waals surface area contributed by atoms with E-state index in [1.807, 2.05) is 6.92 Å². The first-order valence-corrected chi connectivity index (χ1v) is 6.26. The van der Waals surface area contributed by atoms with Gasteiger partial charge in [-0.1, -0.05) is 17.7 Å². The van der Waals surface area contributed by atoms with E-state index in [-0.39, 0.29) is 18.6 Å². The summed E-state index contributed by atoms with van der Waals surface area (Å²) in [6.45, 7) is 1.88. The number of hydrogen-bond acceptors (Lipinski definition) is 2. The van der Waals surface area contributed by atoms with Gasteiger partial charge < -0.3 is 10.1 Å². The molecular formula is C12H15Cl2NO2. The van der Waals surface area contributed by atoms with E-state index in [1.54, 1.807) is 24.3 Å². The Bertz CT molecular complexity index is 371. The summed E-state index contributed by atoms with van der Waals surface area (Å²) in [5, 5.41) is 3.37. The maximum Gasteiger partial charge on any atom is 0.258 e. The third-order valence-corrected chi connectivity index (χ3v) is 2.57. The van der Waals surface area contributed by atoms with Crippen molar-refractivity contribution >= 4 is 29.1 Å². The van der Waals surface area contributed by atoms with Crippen LogP contribution >= 0.6 is 23.2 Å². The maximum atomic E-state index is 11.5. The van der Waals surface area contributed by atoms with Crippen LogP contribution in [-0.4, -0.2) is 24.4 Å². The van der Waals surface area contributed by atoms with E-state index >= 15 is 0 Å². The minimum absolute atomic E-state index is 0.0209. The minimum atomic E-state index is -0.164. The van der Waals surface area contributed by atoms with Crippen LogP contribution in [0.1, 0.15) is 13.3 Å². The Morgan fingerprint density at radius 3 is 2.94 bits per heavy atom. The molecule has 1 N–H and O–H groups in total. The van der Waals surface area contributed by atoms with Gasteiger partial charge in [0.2, 0.25) is 0 Å². The van der Waals surface area contributed by atoms with Crippen LogP contribution in [-0.2, 0) is 4.79 Å². The molecule has 0 fully saturated rings. The molecule has 0 radical (unpaired) electrons. The topological polar surface area (TPSA) is 38.3 Å². The number of halogens is 2. The van der Waals surface area contributed by atoms with Gasteiger partial charge in [-0.15, -0.1) is 11.6 Å². The van der Waals surface area contributed by atoms with Gasteiger partial charge in [0.1, 0.15) is 5.75 Å². The second-order valence-electron chi connectivity index (χ2n) is 3.69. The minimum Gasteiger partial charge on any atom is -0.484 e. The van der Waals surface area contributed by atoms with Crippen LogP contribution in [0.5, 0.6) is 5.75 Å². The third kappa shape index (κ3) is 5.80. The zero-order valence-corrected chi connectivity index (χ0v) is 11.1. The van der Waals surface area contributed by atoms with Gasteiger partial charge in [-0.3, -0.25) is 4.79 Å². The van der Waals surface area contributed by atoms with Crippen LogP contribution in [0.4, 0.5) is 0 Å². The highest BCUT2D eigenvalue weighted by atomic mass is 35.5. The van der Waals surface area contributed by atoms with Gasteiger partial charge in [0.15, 0.2) is 6.61 Å². The van der Waals surface area contributed by atoms with E-state index in [9.17, 15) is 4.79 Å². The summed E-state index contributed by atoms with van der Waals surface area (Å²) in [6.07, 6.45) is 0.741. The zero-order valence-electron chi connectivity index (χ0n) is 9.58. The fourth-order valence-electron chi connectivity index (χ4n) is 1.26. The number of carbonyl (C=O) groups is 1. The van der Waals surface area contributed by atoms with E-state index in [2.05, 4.69) is 5.32 Å². The highest BCUT2D eigenvalue weighted by molar-refractivity contribution is 6.30. The maximum absolute atomic E-state index is 11.5. The zero-order chi connectivity index (χ0) is 12.7. The van der Waals surface area contributed by atoms with Crippen molar-refractivity contribution in [1.82, 2.24) is 5.32 Å². The molecule has 0 bridgehead atoms. The van der Waals surface area contributed by atoms with Crippen LogP contribution in [0.25, 0.3) is 0 Å². The van der Waals surface area contributed by atoms with Crippen molar-refractivity contribution < 1.29 is 9.53 Å². The molecule has 0 aliphatic heterocycles. The van der Waals surface area contributed by atoms with Crippen LogP contribution in [0.3, 0.4) is 0 Å². The second kappa shape index (κ2) is 7.41. The summed E-state index contributed by atoms with van der Waals surface area (Å²) in [4.78, 5) is 11.5. The van der Waals surface area contributed by atoms with Crippen molar-refractivity contribution in [3.8, 4) is 5.75 Å². The highest BCUT2D eigenvalue weighted by Crippen LogP contribution is 2.16. The van der Waals surface area contributed by atoms with E-state index in [0.717, 1.165) is 6.42 Å². The van der Waals surface area contributed by atoms with Gasteiger partial charge in [-0.05, 0) is 31.5 Å². The summed E-state index contributed by atoms with van der Waals surface area (Å²) in [5.74, 6) is 0.941. The van der Waals surface area contributed by atoms with Crippen LogP contribution in [0.15, 0.2) is 24.3 Å². The third-order valence-electron chi connectivity index (χ3n) is 2.12. The molecule has 3 nitrogen and oxygen atoms in total. The van der Waals surface area contributed by atoms with E-state index in [1.165, 1.54) is 0 Å². The quantitative estimate of drug-likeness (QED) is 0.811. The largest absolute Gasteiger partial charge is 0.484 e. The number of rotatable bonds is 6. The van der Waals surface area contributed by atoms with Crippen molar-refractivity contribution in [3.63, 3.8) is 0 Å². The Labute approximate surface area is 111 Å². The number of ether oxygens (including phenoxy) is 1. The van der Waals surface area contributed by atoms with E-state index in [4.69, 9.17) is 27.9 Å². The lowest BCUT2D eigenvalue weighted by Gasteiger charge is -2.12. The first kappa shape index (κ1) is 14.1. The molecule has 0 aromatic heterocycles. The molecule has 94 valence electrons. The average Bonchev–Trinajstić information content (AvgIpc) is 2.27. The first-order valence-electron chi connectivity index (χ1n) is 5.35. The Kier molecular flexibility index (Phi) is 6.16. The fourth-order valence-corrected chi connectivity index (χ4v) is 1.77. The first-order chi connectivity index (χ1) is 8.11. The number of nitrogens with one attached hydrogen (secondary N) is 1. The van der Waals surface area contributed by atoms with Crippen molar-refractivity contribution in [2.24, 2.45) is 0 Å². The normalized spacial score (nSPS) is 11.9. The molecule has 1 amide bonds. The summed E-state index contributed by atoms with van der Waals surface area (Å²) >= 11 is 11.4. The average molecular weight is 276 g/mol. The van der Waals surface area contributed by atoms with Gasteiger partial charge >= 0.3 is 0 Å². The molecule has 1 aromatic carbocycles. The molecule has 0 spiro atoms. The Hall–Kier alpha value is -0.930. The molecule has 17 heavy (non-hydrogen) atoms. The summed E-state index contributed by atoms with van der Waals surface area (Å²) < 4.78 is 5.30. The Balaban J connectivity index is 2.33. The van der Waals surface area contributed by atoms with E-state index < -0.39 is 0 Å². The number of amides is 1. The molecule has 1 atom stereocenters. The monoisotopic (exact) mass is 275 g/mol. The van der Waals surface area contributed by atoms with Gasteiger partial charge in [-0.25, -0.2) is 0 Å². The molecule has 0 aliphatic carbocycles. The van der Waals surface area contributed by atoms with Crippen molar-refractivity contribution in [2.75, 3.05) is 12.5 Å². The summed E-state index contributed by atoms with van der Waals surface area (Å²) in [5.41, 5.74) is 0.